The highest BCUT2D eigenvalue weighted by molar-refractivity contribution is 7.89. The van der Waals surface area contributed by atoms with Crippen molar-refractivity contribution >= 4 is 21.8 Å². The van der Waals surface area contributed by atoms with E-state index in [1.54, 1.807) is 30.3 Å². The van der Waals surface area contributed by atoms with E-state index in [2.05, 4.69) is 15.5 Å². The molecular weight excluding hydrogens is 416 g/mol. The Morgan fingerprint density at radius 2 is 1.77 bits per heavy atom. The van der Waals surface area contributed by atoms with Crippen molar-refractivity contribution in [2.75, 3.05) is 45.8 Å². The zero-order valence-electron chi connectivity index (χ0n) is 18.1. The van der Waals surface area contributed by atoms with Crippen LogP contribution in [0.4, 0.5) is 0 Å². The van der Waals surface area contributed by atoms with E-state index in [1.165, 1.54) is 17.1 Å². The van der Waals surface area contributed by atoms with Crippen molar-refractivity contribution in [2.24, 2.45) is 5.92 Å². The van der Waals surface area contributed by atoms with Crippen molar-refractivity contribution in [1.82, 2.24) is 19.8 Å². The number of benzene rings is 1. The van der Waals surface area contributed by atoms with Gasteiger partial charge in [0.25, 0.3) is 0 Å². The number of hydrogen-bond donors (Lipinski definition) is 2. The number of rotatable bonds is 6. The fraction of sp³-hybridized carbons (Fsp3) is 0.636. The molecule has 0 saturated carbocycles. The fourth-order valence-electron chi connectivity index (χ4n) is 4.20. The number of sulfonamides is 1. The standard InChI is InChI=1S/C22H34N4O4S/c27-21-11-17-26(31(29,30)20-8-2-1-3-9-20)16-6-7-19(10-12-23-21)22(28)24-13-18-25-14-4-5-15-25/h1-3,8-9,19H,4-7,10-18H2,(H,23,27)(H,24,28). The van der Waals surface area contributed by atoms with Gasteiger partial charge in [-0.05, 0) is 57.3 Å². The normalized spacial score (nSPS) is 22.5. The van der Waals surface area contributed by atoms with Crippen molar-refractivity contribution < 1.29 is 18.0 Å². The van der Waals surface area contributed by atoms with Gasteiger partial charge in [-0.25, -0.2) is 8.42 Å². The molecule has 0 bridgehead atoms. The van der Waals surface area contributed by atoms with Gasteiger partial charge in [0, 0.05) is 45.1 Å². The number of nitrogens with zero attached hydrogens (tertiary/aromatic N) is 2. The molecular formula is C22H34N4O4S. The first kappa shape index (κ1) is 23.7. The molecule has 2 aliphatic rings. The van der Waals surface area contributed by atoms with Crippen LogP contribution in [0.2, 0.25) is 0 Å². The Kier molecular flexibility index (Phi) is 8.86. The predicted octanol–water partition coefficient (Wildman–Crippen LogP) is 1.20. The molecule has 1 aromatic carbocycles. The third kappa shape index (κ3) is 7.02. The van der Waals surface area contributed by atoms with Gasteiger partial charge >= 0.3 is 0 Å². The SMILES string of the molecule is O=C1CCN(S(=O)(=O)c2ccccc2)CCCC(C(=O)NCCN2CCCC2)CCN1. The van der Waals surface area contributed by atoms with E-state index in [0.717, 1.165) is 19.6 Å². The third-order valence-electron chi connectivity index (χ3n) is 6.04. The van der Waals surface area contributed by atoms with Gasteiger partial charge in [-0.3, -0.25) is 9.59 Å². The van der Waals surface area contributed by atoms with Crippen molar-refractivity contribution in [3.8, 4) is 0 Å². The molecule has 2 saturated heterocycles. The van der Waals surface area contributed by atoms with Gasteiger partial charge in [0.2, 0.25) is 21.8 Å². The first-order valence-corrected chi connectivity index (χ1v) is 12.7. The minimum atomic E-state index is -3.68. The third-order valence-corrected chi connectivity index (χ3v) is 7.95. The molecule has 2 amide bonds. The summed E-state index contributed by atoms with van der Waals surface area (Å²) < 4.78 is 27.4. The number of nitrogens with one attached hydrogen (secondary N) is 2. The van der Waals surface area contributed by atoms with Crippen LogP contribution in [0.25, 0.3) is 0 Å². The van der Waals surface area contributed by atoms with Crippen LogP contribution in [0.5, 0.6) is 0 Å². The summed E-state index contributed by atoms with van der Waals surface area (Å²) in [7, 11) is -3.68. The summed E-state index contributed by atoms with van der Waals surface area (Å²) in [5.74, 6) is -0.438. The summed E-state index contributed by atoms with van der Waals surface area (Å²) in [6.45, 7) is 4.52. The number of hydrogen-bond acceptors (Lipinski definition) is 5. The van der Waals surface area contributed by atoms with Crippen molar-refractivity contribution in [3.05, 3.63) is 30.3 Å². The second-order valence-corrected chi connectivity index (χ2v) is 10.2. The van der Waals surface area contributed by atoms with Crippen LogP contribution in [0.1, 0.15) is 38.5 Å². The van der Waals surface area contributed by atoms with Crippen LogP contribution < -0.4 is 10.6 Å². The average molecular weight is 451 g/mol. The molecule has 0 aliphatic carbocycles. The Labute approximate surface area is 185 Å². The first-order chi connectivity index (χ1) is 15.0. The van der Waals surface area contributed by atoms with Gasteiger partial charge in [0.15, 0.2) is 0 Å². The summed E-state index contributed by atoms with van der Waals surface area (Å²) in [4.78, 5) is 27.5. The molecule has 1 atom stereocenters. The van der Waals surface area contributed by atoms with E-state index in [4.69, 9.17) is 0 Å². The van der Waals surface area contributed by atoms with Crippen LogP contribution in [0.3, 0.4) is 0 Å². The molecule has 0 aromatic heterocycles. The lowest BCUT2D eigenvalue weighted by molar-refractivity contribution is -0.126. The molecule has 9 heteroatoms. The Morgan fingerprint density at radius 1 is 1.03 bits per heavy atom. The van der Waals surface area contributed by atoms with Crippen molar-refractivity contribution in [2.45, 2.75) is 43.4 Å². The number of carbonyl (C=O) groups is 2. The zero-order chi connectivity index (χ0) is 22.1. The largest absolute Gasteiger partial charge is 0.356 e. The summed E-state index contributed by atoms with van der Waals surface area (Å²) in [6, 6.07) is 8.28. The Hall–Kier alpha value is -1.97. The Bertz CT molecular complexity index is 825. The maximum absolute atomic E-state index is 13.0. The molecule has 1 unspecified atom stereocenters. The van der Waals surface area contributed by atoms with Crippen LogP contribution in [-0.4, -0.2) is 75.3 Å². The molecule has 3 rings (SSSR count). The molecule has 8 nitrogen and oxygen atoms in total. The van der Waals surface area contributed by atoms with E-state index >= 15 is 0 Å². The molecule has 2 fully saturated rings. The summed E-state index contributed by atoms with van der Waals surface area (Å²) in [5.41, 5.74) is 0. The molecule has 31 heavy (non-hydrogen) atoms. The fourth-order valence-corrected chi connectivity index (χ4v) is 5.70. The van der Waals surface area contributed by atoms with E-state index < -0.39 is 10.0 Å². The highest BCUT2D eigenvalue weighted by Gasteiger charge is 2.27. The van der Waals surface area contributed by atoms with E-state index in [1.807, 2.05) is 0 Å². The number of carbonyl (C=O) groups excluding carboxylic acids is 2. The minimum absolute atomic E-state index is 0.00911. The second kappa shape index (κ2) is 11.6. The highest BCUT2D eigenvalue weighted by Crippen LogP contribution is 2.19. The average Bonchev–Trinajstić information content (AvgIpc) is 3.27. The second-order valence-electron chi connectivity index (χ2n) is 8.28. The van der Waals surface area contributed by atoms with Crippen molar-refractivity contribution in [1.29, 1.82) is 0 Å². The van der Waals surface area contributed by atoms with Gasteiger partial charge in [-0.2, -0.15) is 4.31 Å². The van der Waals surface area contributed by atoms with Gasteiger partial charge in [-0.1, -0.05) is 18.2 Å². The topological polar surface area (TPSA) is 98.8 Å². The number of amides is 2. The summed E-state index contributed by atoms with van der Waals surface area (Å²) in [5, 5.41) is 5.86. The van der Waals surface area contributed by atoms with Gasteiger partial charge < -0.3 is 15.5 Å². The monoisotopic (exact) mass is 450 g/mol. The predicted molar refractivity (Wildman–Crippen MR) is 119 cm³/mol. The first-order valence-electron chi connectivity index (χ1n) is 11.3. The molecule has 1 aromatic rings. The molecule has 172 valence electrons. The van der Waals surface area contributed by atoms with Crippen LogP contribution in [0.15, 0.2) is 35.2 Å². The summed E-state index contributed by atoms with van der Waals surface area (Å²) >= 11 is 0. The Balaban J connectivity index is 1.59. The highest BCUT2D eigenvalue weighted by atomic mass is 32.2. The zero-order valence-corrected chi connectivity index (χ0v) is 18.9. The van der Waals surface area contributed by atoms with Gasteiger partial charge in [0.05, 0.1) is 4.90 Å². The molecule has 2 aliphatic heterocycles. The molecule has 0 radical (unpaired) electrons. The molecule has 2 heterocycles. The van der Waals surface area contributed by atoms with Crippen LogP contribution in [-0.2, 0) is 19.6 Å². The maximum atomic E-state index is 13.0. The smallest absolute Gasteiger partial charge is 0.243 e. The van der Waals surface area contributed by atoms with E-state index in [-0.39, 0.29) is 35.6 Å². The lowest BCUT2D eigenvalue weighted by Gasteiger charge is -2.22. The van der Waals surface area contributed by atoms with E-state index in [9.17, 15) is 18.0 Å². The minimum Gasteiger partial charge on any atom is -0.356 e. The van der Waals surface area contributed by atoms with Gasteiger partial charge in [0.1, 0.15) is 0 Å². The number of likely N-dealkylation sites (tertiary alicyclic amines) is 1. The molecule has 2 N–H and O–H groups in total. The van der Waals surface area contributed by atoms with Crippen molar-refractivity contribution in [3.63, 3.8) is 0 Å². The van der Waals surface area contributed by atoms with Crippen LogP contribution >= 0.6 is 0 Å². The van der Waals surface area contributed by atoms with E-state index in [0.29, 0.717) is 38.9 Å². The van der Waals surface area contributed by atoms with Crippen LogP contribution in [0, 0.1) is 5.92 Å². The maximum Gasteiger partial charge on any atom is 0.243 e. The summed E-state index contributed by atoms with van der Waals surface area (Å²) in [6.07, 6.45) is 4.28. The lowest BCUT2D eigenvalue weighted by atomic mass is 9.98. The van der Waals surface area contributed by atoms with Gasteiger partial charge in [-0.15, -0.1) is 0 Å². The molecule has 0 spiro atoms. The Morgan fingerprint density at radius 3 is 2.52 bits per heavy atom. The lowest BCUT2D eigenvalue weighted by Crippen LogP contribution is -2.38. The quantitative estimate of drug-likeness (QED) is 0.679.